The van der Waals surface area contributed by atoms with Crippen LogP contribution in [0.1, 0.15) is 12.5 Å². The van der Waals surface area contributed by atoms with Gasteiger partial charge in [0, 0.05) is 28.5 Å². The fraction of sp³-hybridized carbons (Fsp3) is 0.167. The Bertz CT molecular complexity index is 1360. The third kappa shape index (κ3) is 5.45. The molecule has 1 atom stereocenters. The molecule has 0 radical (unpaired) electrons. The Morgan fingerprint density at radius 3 is 2.73 bits per heavy atom. The number of fused-ring (bicyclic) bond motifs is 1. The normalized spacial score (nSPS) is 11.7. The molecule has 1 unspecified atom stereocenters. The van der Waals surface area contributed by atoms with Gasteiger partial charge in [0.25, 0.3) is 5.91 Å². The van der Waals surface area contributed by atoms with Gasteiger partial charge in [-0.3, -0.25) is 10.1 Å². The highest BCUT2D eigenvalue weighted by molar-refractivity contribution is 7.14. The van der Waals surface area contributed by atoms with Gasteiger partial charge in [-0.15, -0.1) is 11.3 Å². The summed E-state index contributed by atoms with van der Waals surface area (Å²) in [5, 5.41) is 5.67. The smallest absolute Gasteiger partial charge is 0.344 e. The van der Waals surface area contributed by atoms with Crippen molar-refractivity contribution in [3.05, 3.63) is 76.0 Å². The summed E-state index contributed by atoms with van der Waals surface area (Å²) in [6.45, 7) is 2.86. The summed E-state index contributed by atoms with van der Waals surface area (Å²) in [6.07, 6.45) is -1.04. The van der Waals surface area contributed by atoms with Crippen LogP contribution in [0.5, 0.6) is 5.75 Å². The summed E-state index contributed by atoms with van der Waals surface area (Å²) < 4.78 is 15.7. The van der Waals surface area contributed by atoms with E-state index in [9.17, 15) is 14.4 Å². The van der Waals surface area contributed by atoms with E-state index < -0.39 is 30.2 Å². The van der Waals surface area contributed by atoms with Crippen LogP contribution in [0.25, 0.3) is 22.2 Å². The van der Waals surface area contributed by atoms with E-state index in [0.717, 1.165) is 22.2 Å². The van der Waals surface area contributed by atoms with Crippen molar-refractivity contribution >= 4 is 39.3 Å². The van der Waals surface area contributed by atoms with Gasteiger partial charge in [-0.25, -0.2) is 14.6 Å². The molecule has 4 aromatic rings. The minimum atomic E-state index is -1.04. The van der Waals surface area contributed by atoms with E-state index in [1.54, 1.807) is 19.1 Å². The monoisotopic (exact) mass is 464 g/mol. The van der Waals surface area contributed by atoms with Crippen LogP contribution in [-0.4, -0.2) is 29.6 Å². The van der Waals surface area contributed by atoms with Gasteiger partial charge < -0.3 is 13.9 Å². The first-order chi connectivity index (χ1) is 15.9. The quantitative estimate of drug-likeness (QED) is 0.323. The summed E-state index contributed by atoms with van der Waals surface area (Å²) in [4.78, 5) is 40.4. The molecule has 4 rings (SSSR count). The number of benzene rings is 2. The number of aryl methyl sites for hydroxylation is 1. The van der Waals surface area contributed by atoms with Crippen LogP contribution in [0.3, 0.4) is 0 Å². The molecule has 168 valence electrons. The predicted molar refractivity (Wildman–Crippen MR) is 124 cm³/mol. The Morgan fingerprint density at radius 1 is 1.15 bits per heavy atom. The van der Waals surface area contributed by atoms with E-state index in [2.05, 4.69) is 10.3 Å². The minimum Gasteiger partial charge on any atom is -0.482 e. The maximum Gasteiger partial charge on any atom is 0.344 e. The zero-order valence-corrected chi connectivity index (χ0v) is 18.7. The molecule has 33 heavy (non-hydrogen) atoms. The van der Waals surface area contributed by atoms with Gasteiger partial charge >= 0.3 is 11.6 Å². The third-order valence-corrected chi connectivity index (χ3v) is 5.52. The molecule has 0 saturated carbocycles. The van der Waals surface area contributed by atoms with Crippen LogP contribution < -0.4 is 15.7 Å². The summed E-state index contributed by atoms with van der Waals surface area (Å²) in [5.41, 5.74) is 2.36. The number of nitrogens with zero attached hydrogens (tertiary/aromatic N) is 1. The number of thiazole rings is 1. The number of ether oxygens (including phenoxy) is 2. The minimum absolute atomic E-state index is 0.335. The van der Waals surface area contributed by atoms with Crippen molar-refractivity contribution in [1.29, 1.82) is 0 Å². The topological polar surface area (TPSA) is 108 Å². The second kappa shape index (κ2) is 9.66. The fourth-order valence-corrected chi connectivity index (χ4v) is 3.82. The molecule has 0 bridgehead atoms. The number of nitrogens with one attached hydrogen (secondary N) is 1. The molecule has 2 aromatic heterocycles. The van der Waals surface area contributed by atoms with Crippen LogP contribution in [-0.2, 0) is 14.3 Å². The SMILES string of the molecule is Cc1cc(=O)oc2cc(OCC(=O)OC(C)C(=O)Nc3nc(-c4ccccc4)cs3)ccc12. The highest BCUT2D eigenvalue weighted by Crippen LogP contribution is 2.25. The van der Waals surface area contributed by atoms with Crippen LogP contribution in [0.15, 0.2) is 69.2 Å². The highest BCUT2D eigenvalue weighted by atomic mass is 32.1. The Kier molecular flexibility index (Phi) is 6.50. The molecule has 0 fully saturated rings. The molecular formula is C24H20N2O6S. The standard InChI is InChI=1S/C24H20N2O6S/c1-14-10-21(27)32-20-11-17(8-9-18(14)20)30-12-22(28)31-15(2)23(29)26-24-25-19(13-33-24)16-6-4-3-5-7-16/h3-11,13,15H,12H2,1-2H3,(H,25,26,29). The van der Waals surface area contributed by atoms with E-state index in [-0.39, 0.29) is 0 Å². The number of aromatic nitrogens is 1. The van der Waals surface area contributed by atoms with Crippen molar-refractivity contribution in [1.82, 2.24) is 4.98 Å². The Labute approximate surface area is 192 Å². The van der Waals surface area contributed by atoms with Crippen molar-refractivity contribution in [2.45, 2.75) is 20.0 Å². The first-order valence-electron chi connectivity index (χ1n) is 10.1. The van der Waals surface area contributed by atoms with Crippen LogP contribution in [0.4, 0.5) is 5.13 Å². The first kappa shape index (κ1) is 22.2. The number of esters is 1. The van der Waals surface area contributed by atoms with Gasteiger partial charge in [-0.1, -0.05) is 30.3 Å². The van der Waals surface area contributed by atoms with E-state index in [4.69, 9.17) is 13.9 Å². The number of carbonyl (C=O) groups is 2. The predicted octanol–water partition coefficient (Wildman–Crippen LogP) is 4.17. The summed E-state index contributed by atoms with van der Waals surface area (Å²) >= 11 is 1.28. The lowest BCUT2D eigenvalue weighted by molar-refractivity contribution is -0.155. The van der Waals surface area contributed by atoms with Crippen LogP contribution in [0.2, 0.25) is 0 Å². The van der Waals surface area contributed by atoms with Gasteiger partial charge in [-0.2, -0.15) is 0 Å². The Balaban J connectivity index is 1.30. The summed E-state index contributed by atoms with van der Waals surface area (Å²) in [5.74, 6) is -0.880. The van der Waals surface area contributed by atoms with Gasteiger partial charge in [0.2, 0.25) is 0 Å². The summed E-state index contributed by atoms with van der Waals surface area (Å²) in [7, 11) is 0. The van der Waals surface area contributed by atoms with E-state index >= 15 is 0 Å². The van der Waals surface area contributed by atoms with Crippen molar-refractivity contribution in [3.63, 3.8) is 0 Å². The molecule has 0 spiro atoms. The molecular weight excluding hydrogens is 444 g/mol. The number of hydrogen-bond acceptors (Lipinski definition) is 8. The number of carbonyl (C=O) groups excluding carboxylic acids is 2. The van der Waals surface area contributed by atoms with Crippen molar-refractivity contribution in [2.24, 2.45) is 0 Å². The Hall–Kier alpha value is -3.98. The van der Waals surface area contributed by atoms with E-state index in [0.29, 0.717) is 16.5 Å². The molecule has 9 heteroatoms. The second-order valence-corrected chi connectivity index (χ2v) is 8.08. The van der Waals surface area contributed by atoms with Crippen molar-refractivity contribution < 1.29 is 23.5 Å². The van der Waals surface area contributed by atoms with Crippen LogP contribution in [0, 0.1) is 6.92 Å². The largest absolute Gasteiger partial charge is 0.482 e. The van der Waals surface area contributed by atoms with Crippen molar-refractivity contribution in [2.75, 3.05) is 11.9 Å². The average molecular weight is 464 g/mol. The molecule has 0 aliphatic carbocycles. The number of rotatable bonds is 7. The molecule has 0 aliphatic rings. The van der Waals surface area contributed by atoms with Gasteiger partial charge in [0.05, 0.1) is 5.69 Å². The summed E-state index contributed by atoms with van der Waals surface area (Å²) in [6, 6.07) is 15.9. The third-order valence-electron chi connectivity index (χ3n) is 4.76. The first-order valence-corrected chi connectivity index (χ1v) is 11.0. The zero-order chi connectivity index (χ0) is 23.4. The maximum atomic E-state index is 12.4. The molecule has 1 N–H and O–H groups in total. The lowest BCUT2D eigenvalue weighted by Crippen LogP contribution is -2.31. The Morgan fingerprint density at radius 2 is 1.94 bits per heavy atom. The fourth-order valence-electron chi connectivity index (χ4n) is 3.10. The van der Waals surface area contributed by atoms with Gasteiger partial charge in [-0.05, 0) is 31.5 Å². The number of anilines is 1. The van der Waals surface area contributed by atoms with Gasteiger partial charge in [0.1, 0.15) is 11.3 Å². The maximum absolute atomic E-state index is 12.4. The van der Waals surface area contributed by atoms with Crippen LogP contribution >= 0.6 is 11.3 Å². The zero-order valence-electron chi connectivity index (χ0n) is 17.9. The lowest BCUT2D eigenvalue weighted by Gasteiger charge is -2.13. The lowest BCUT2D eigenvalue weighted by atomic mass is 10.1. The molecule has 2 aromatic carbocycles. The van der Waals surface area contributed by atoms with Gasteiger partial charge in [0.15, 0.2) is 17.8 Å². The number of amides is 1. The van der Waals surface area contributed by atoms with E-state index in [1.165, 1.54) is 30.4 Å². The second-order valence-electron chi connectivity index (χ2n) is 7.22. The number of hydrogen-bond donors (Lipinski definition) is 1. The average Bonchev–Trinajstić information content (AvgIpc) is 3.26. The molecule has 2 heterocycles. The molecule has 1 amide bonds. The highest BCUT2D eigenvalue weighted by Gasteiger charge is 2.20. The van der Waals surface area contributed by atoms with Crippen molar-refractivity contribution in [3.8, 4) is 17.0 Å². The molecule has 0 aliphatic heterocycles. The van der Waals surface area contributed by atoms with E-state index in [1.807, 2.05) is 35.7 Å². The molecule has 8 nitrogen and oxygen atoms in total. The molecule has 0 saturated heterocycles.